The first-order valence-corrected chi connectivity index (χ1v) is 9.20. The summed E-state index contributed by atoms with van der Waals surface area (Å²) < 4.78 is 67.9. The lowest BCUT2D eigenvalue weighted by Gasteiger charge is -2.36. The Balaban J connectivity index is 1.57. The molecule has 3 heterocycles. The van der Waals surface area contributed by atoms with Crippen LogP contribution in [0.5, 0.6) is 0 Å². The fraction of sp³-hybridized carbons (Fsp3) is 0.632. The number of hydrogen-bond donors (Lipinski definition) is 1. The summed E-state index contributed by atoms with van der Waals surface area (Å²) in [6, 6.07) is 4.36. The van der Waals surface area contributed by atoms with Gasteiger partial charge in [0.25, 0.3) is 5.91 Å². The summed E-state index contributed by atoms with van der Waals surface area (Å²) in [6.45, 7) is 6.82. The molecule has 3 aliphatic rings. The minimum Gasteiger partial charge on any atom is -0.342 e. The molecule has 29 heavy (non-hydrogen) atoms. The van der Waals surface area contributed by atoms with Gasteiger partial charge in [0.05, 0.1) is 5.56 Å². The predicted molar refractivity (Wildman–Crippen MR) is 92.6 cm³/mol. The third-order valence-electron chi connectivity index (χ3n) is 4.87. The van der Waals surface area contributed by atoms with E-state index in [0.29, 0.717) is 0 Å². The molecule has 7 nitrogen and oxygen atoms in total. The van der Waals surface area contributed by atoms with E-state index in [1.54, 1.807) is 27.7 Å². The number of anilines is 1. The maximum Gasteiger partial charge on any atom is 0.416 e. The molecule has 3 saturated heterocycles. The van der Waals surface area contributed by atoms with Gasteiger partial charge in [-0.15, -0.1) is 0 Å². The Labute approximate surface area is 165 Å². The number of carbonyl (C=O) groups is 1. The van der Waals surface area contributed by atoms with Crippen molar-refractivity contribution < 1.29 is 41.7 Å². The van der Waals surface area contributed by atoms with Gasteiger partial charge in [-0.3, -0.25) is 4.79 Å². The van der Waals surface area contributed by atoms with Gasteiger partial charge in [-0.2, -0.15) is 13.2 Å². The van der Waals surface area contributed by atoms with E-state index in [0.717, 1.165) is 12.1 Å². The summed E-state index contributed by atoms with van der Waals surface area (Å²) in [6.07, 6.45) is -8.60. The number of hydrogen-bond acceptors (Lipinski definition) is 6. The van der Waals surface area contributed by atoms with E-state index in [2.05, 4.69) is 5.32 Å². The summed E-state index contributed by atoms with van der Waals surface area (Å²) in [7, 11) is 0. The van der Waals surface area contributed by atoms with E-state index >= 15 is 0 Å². The maximum absolute atomic E-state index is 12.9. The van der Waals surface area contributed by atoms with E-state index in [9.17, 15) is 18.0 Å². The van der Waals surface area contributed by atoms with Gasteiger partial charge in [-0.25, -0.2) is 0 Å². The molecule has 1 aromatic rings. The Morgan fingerprint density at radius 2 is 1.59 bits per heavy atom. The number of carbonyl (C=O) groups excluding carboxylic acids is 1. The van der Waals surface area contributed by atoms with Crippen molar-refractivity contribution >= 4 is 11.6 Å². The molecule has 1 amide bonds. The molecular weight excluding hydrogens is 395 g/mol. The van der Waals surface area contributed by atoms with Crippen molar-refractivity contribution in [1.82, 2.24) is 0 Å². The Bertz CT molecular complexity index is 811. The fourth-order valence-electron chi connectivity index (χ4n) is 3.81. The first kappa shape index (κ1) is 20.5. The average molecular weight is 417 g/mol. The Morgan fingerprint density at radius 3 is 2.28 bits per heavy atom. The minimum absolute atomic E-state index is 0.00538. The van der Waals surface area contributed by atoms with Crippen LogP contribution < -0.4 is 5.32 Å². The van der Waals surface area contributed by atoms with Crippen LogP contribution in [-0.4, -0.2) is 48.2 Å². The third kappa shape index (κ3) is 3.99. The number of fused-ring (bicyclic) bond motifs is 3. The monoisotopic (exact) mass is 417 g/mol. The highest BCUT2D eigenvalue weighted by Gasteiger charge is 2.62. The number of benzene rings is 1. The molecule has 0 bridgehead atoms. The lowest BCUT2D eigenvalue weighted by molar-refractivity contribution is -0.229. The second kappa shape index (κ2) is 6.64. The molecule has 0 aliphatic carbocycles. The third-order valence-corrected chi connectivity index (χ3v) is 4.87. The molecule has 0 saturated carbocycles. The molecule has 3 aliphatic heterocycles. The topological polar surface area (TPSA) is 75.3 Å². The molecular formula is C19H22F3NO6. The summed E-state index contributed by atoms with van der Waals surface area (Å²) in [5, 5.41) is 2.47. The molecule has 1 N–H and O–H groups in total. The SMILES string of the molecule is CC1(C)O[C@@H]2O[C@@H](C(=O)Nc3cccc(C(F)(F)F)c3)[C@H]3OC(C)(C)O[C@@H]3[C@H]2O1. The van der Waals surface area contributed by atoms with Gasteiger partial charge in [0.2, 0.25) is 0 Å². The maximum atomic E-state index is 12.9. The predicted octanol–water partition coefficient (Wildman–Crippen LogP) is 3.04. The van der Waals surface area contributed by atoms with Gasteiger partial charge in [0.1, 0.15) is 18.3 Å². The number of amides is 1. The Hall–Kier alpha value is -1.72. The normalized spacial score (nSPS) is 35.1. The highest BCUT2D eigenvalue weighted by Crippen LogP contribution is 2.44. The quantitative estimate of drug-likeness (QED) is 0.797. The minimum atomic E-state index is -4.52. The second-order valence-electron chi connectivity index (χ2n) is 8.16. The van der Waals surface area contributed by atoms with Gasteiger partial charge in [0.15, 0.2) is 24.0 Å². The zero-order valence-corrected chi connectivity index (χ0v) is 16.3. The lowest BCUT2D eigenvalue weighted by atomic mass is 9.98. The largest absolute Gasteiger partial charge is 0.416 e. The van der Waals surface area contributed by atoms with Crippen LogP contribution in [0, 0.1) is 0 Å². The number of halogens is 3. The van der Waals surface area contributed by atoms with Gasteiger partial charge in [0, 0.05) is 5.69 Å². The summed E-state index contributed by atoms with van der Waals surface area (Å²) in [5.41, 5.74) is -0.872. The molecule has 1 aromatic carbocycles. The highest BCUT2D eigenvalue weighted by molar-refractivity contribution is 5.95. The molecule has 0 radical (unpaired) electrons. The zero-order valence-electron chi connectivity index (χ0n) is 16.3. The average Bonchev–Trinajstić information content (AvgIpc) is 3.07. The summed E-state index contributed by atoms with van der Waals surface area (Å²) >= 11 is 0. The van der Waals surface area contributed by atoms with Crippen LogP contribution in [0.2, 0.25) is 0 Å². The van der Waals surface area contributed by atoms with E-state index < -0.39 is 59.9 Å². The molecule has 4 rings (SSSR count). The number of rotatable bonds is 2. The highest BCUT2D eigenvalue weighted by atomic mass is 19.4. The van der Waals surface area contributed by atoms with Crippen LogP contribution >= 0.6 is 0 Å². The number of nitrogens with one attached hydrogen (secondary N) is 1. The van der Waals surface area contributed by atoms with Crippen molar-refractivity contribution in [2.75, 3.05) is 5.32 Å². The van der Waals surface area contributed by atoms with Crippen molar-refractivity contribution in [2.45, 2.75) is 76.2 Å². The van der Waals surface area contributed by atoms with E-state index in [4.69, 9.17) is 23.7 Å². The van der Waals surface area contributed by atoms with Gasteiger partial charge in [-0.1, -0.05) is 6.07 Å². The zero-order chi connectivity index (χ0) is 21.2. The van der Waals surface area contributed by atoms with Gasteiger partial charge >= 0.3 is 6.18 Å². The molecule has 5 atom stereocenters. The van der Waals surface area contributed by atoms with Crippen molar-refractivity contribution in [3.63, 3.8) is 0 Å². The second-order valence-corrected chi connectivity index (χ2v) is 8.16. The van der Waals surface area contributed by atoms with Crippen LogP contribution in [0.1, 0.15) is 33.3 Å². The van der Waals surface area contributed by atoms with Crippen molar-refractivity contribution in [2.24, 2.45) is 0 Å². The summed E-state index contributed by atoms with van der Waals surface area (Å²) in [5.74, 6) is -2.59. The van der Waals surface area contributed by atoms with Crippen molar-refractivity contribution in [1.29, 1.82) is 0 Å². The standard InChI is InChI=1S/C19H22F3NO6/c1-17(2)26-11-12(27-17)14-16(29-18(3,4)28-14)25-13(11)15(24)23-10-7-5-6-9(8-10)19(20,21)22/h5-8,11-14,16H,1-4H3,(H,23,24)/t11-,12-,13+,14+,16-/m0/s1. The van der Waals surface area contributed by atoms with Crippen molar-refractivity contribution in [3.05, 3.63) is 29.8 Å². The Kier molecular flexibility index (Phi) is 4.71. The molecule has 3 fully saturated rings. The number of ether oxygens (including phenoxy) is 5. The van der Waals surface area contributed by atoms with E-state index in [1.165, 1.54) is 12.1 Å². The smallest absolute Gasteiger partial charge is 0.342 e. The van der Waals surface area contributed by atoms with Crippen LogP contribution in [-0.2, 0) is 34.7 Å². The summed E-state index contributed by atoms with van der Waals surface area (Å²) in [4.78, 5) is 12.9. The molecule has 0 unspecified atom stereocenters. The molecule has 160 valence electrons. The van der Waals surface area contributed by atoms with Crippen LogP contribution in [0.15, 0.2) is 24.3 Å². The van der Waals surface area contributed by atoms with Gasteiger partial charge < -0.3 is 29.0 Å². The Morgan fingerprint density at radius 1 is 0.966 bits per heavy atom. The molecule has 0 spiro atoms. The first-order chi connectivity index (χ1) is 13.3. The van der Waals surface area contributed by atoms with E-state index in [-0.39, 0.29) is 5.69 Å². The molecule has 10 heteroatoms. The van der Waals surface area contributed by atoms with Crippen LogP contribution in [0.25, 0.3) is 0 Å². The van der Waals surface area contributed by atoms with E-state index in [1.807, 2.05) is 0 Å². The fourth-order valence-corrected chi connectivity index (χ4v) is 3.81. The first-order valence-electron chi connectivity index (χ1n) is 9.20. The number of alkyl halides is 3. The van der Waals surface area contributed by atoms with Gasteiger partial charge in [-0.05, 0) is 45.9 Å². The van der Waals surface area contributed by atoms with Crippen LogP contribution in [0.4, 0.5) is 18.9 Å². The molecule has 0 aromatic heterocycles. The lowest BCUT2D eigenvalue weighted by Crippen LogP contribution is -2.58. The van der Waals surface area contributed by atoms with Crippen molar-refractivity contribution in [3.8, 4) is 0 Å². The van der Waals surface area contributed by atoms with Crippen LogP contribution in [0.3, 0.4) is 0 Å².